The third-order valence-electron chi connectivity index (χ3n) is 4.74. The third kappa shape index (κ3) is 2.05. The number of hydrogen-bond donors (Lipinski definition) is 1. The fraction of sp³-hybridized carbons (Fsp3) is 0.263. The molecule has 0 radical (unpaired) electrons. The summed E-state index contributed by atoms with van der Waals surface area (Å²) in [6.45, 7) is 3.95. The molecule has 4 rings (SSSR count). The van der Waals surface area contributed by atoms with Gasteiger partial charge in [-0.3, -0.25) is 4.79 Å². The Bertz CT molecular complexity index is 909. The van der Waals surface area contributed by atoms with Crippen LogP contribution in [0.25, 0.3) is 11.0 Å². The van der Waals surface area contributed by atoms with Crippen LogP contribution in [0.2, 0.25) is 0 Å². The van der Waals surface area contributed by atoms with Gasteiger partial charge in [0.05, 0.1) is 16.4 Å². The van der Waals surface area contributed by atoms with Crippen molar-refractivity contribution in [1.29, 1.82) is 0 Å². The number of fused-ring (bicyclic) bond motifs is 2. The summed E-state index contributed by atoms with van der Waals surface area (Å²) in [6.07, 6.45) is 0.776. The first-order chi connectivity index (χ1) is 11.0. The van der Waals surface area contributed by atoms with Crippen LogP contribution in [0, 0.1) is 0 Å². The van der Waals surface area contributed by atoms with Crippen molar-refractivity contribution in [2.45, 2.75) is 25.7 Å². The van der Waals surface area contributed by atoms with Gasteiger partial charge in [0.2, 0.25) is 5.91 Å². The van der Waals surface area contributed by atoms with Crippen molar-refractivity contribution in [3.63, 3.8) is 0 Å². The number of carbonyl (C=O) groups excluding carboxylic acids is 1. The van der Waals surface area contributed by atoms with Crippen LogP contribution in [-0.2, 0) is 16.6 Å². The van der Waals surface area contributed by atoms with Gasteiger partial charge in [-0.25, -0.2) is 4.98 Å². The molecule has 4 heteroatoms. The van der Waals surface area contributed by atoms with Gasteiger partial charge < -0.3 is 9.88 Å². The molecule has 0 saturated carbocycles. The maximum Gasteiger partial charge on any atom is 0.236 e. The molecule has 2 aromatic carbocycles. The molecule has 1 aromatic heterocycles. The average Bonchev–Trinajstić information content (AvgIpc) is 3.00. The second-order valence-electron chi connectivity index (χ2n) is 6.72. The Balaban J connectivity index is 1.79. The number of imidazole rings is 1. The summed E-state index contributed by atoms with van der Waals surface area (Å²) >= 11 is 0. The van der Waals surface area contributed by atoms with E-state index in [1.54, 1.807) is 4.90 Å². The van der Waals surface area contributed by atoms with Crippen LogP contribution < -0.4 is 4.90 Å². The molecule has 2 heterocycles. The van der Waals surface area contributed by atoms with Gasteiger partial charge in [0.1, 0.15) is 5.82 Å². The second-order valence-corrected chi connectivity index (χ2v) is 6.72. The van der Waals surface area contributed by atoms with Crippen molar-refractivity contribution >= 4 is 22.6 Å². The van der Waals surface area contributed by atoms with E-state index < -0.39 is 5.41 Å². The number of nitrogens with one attached hydrogen (secondary N) is 1. The number of rotatable bonds is 2. The van der Waals surface area contributed by atoms with Gasteiger partial charge in [-0.15, -0.1) is 0 Å². The molecule has 1 aliphatic heterocycles. The molecule has 116 valence electrons. The Morgan fingerprint density at radius 1 is 1.17 bits per heavy atom. The van der Waals surface area contributed by atoms with E-state index in [0.717, 1.165) is 34.5 Å². The van der Waals surface area contributed by atoms with Gasteiger partial charge in [-0.1, -0.05) is 30.3 Å². The van der Waals surface area contributed by atoms with E-state index in [-0.39, 0.29) is 5.91 Å². The number of nitrogens with zero attached hydrogens (tertiary/aromatic N) is 2. The summed E-state index contributed by atoms with van der Waals surface area (Å²) in [7, 11) is 1.83. The molecule has 1 N–H and O–H groups in total. The molecule has 3 aromatic rings. The van der Waals surface area contributed by atoms with E-state index in [0.29, 0.717) is 0 Å². The quantitative estimate of drug-likeness (QED) is 0.789. The van der Waals surface area contributed by atoms with Crippen molar-refractivity contribution in [2.24, 2.45) is 0 Å². The number of benzene rings is 2. The highest BCUT2D eigenvalue weighted by atomic mass is 16.2. The Morgan fingerprint density at radius 3 is 2.65 bits per heavy atom. The lowest BCUT2D eigenvalue weighted by molar-refractivity contribution is -0.121. The highest BCUT2D eigenvalue weighted by Crippen LogP contribution is 2.42. The molecule has 0 unspecified atom stereocenters. The van der Waals surface area contributed by atoms with Crippen LogP contribution >= 0.6 is 0 Å². The summed E-state index contributed by atoms with van der Waals surface area (Å²) < 4.78 is 0. The van der Waals surface area contributed by atoms with E-state index in [1.807, 2.05) is 45.2 Å². The number of H-pyrrole nitrogens is 1. The summed E-state index contributed by atoms with van der Waals surface area (Å²) in [5.74, 6) is 1.08. The van der Waals surface area contributed by atoms with Crippen LogP contribution in [0.5, 0.6) is 0 Å². The van der Waals surface area contributed by atoms with Crippen molar-refractivity contribution in [2.75, 3.05) is 11.9 Å². The predicted molar refractivity (Wildman–Crippen MR) is 91.8 cm³/mol. The number of aromatic nitrogens is 2. The maximum atomic E-state index is 12.4. The highest BCUT2D eigenvalue weighted by Gasteiger charge is 2.42. The van der Waals surface area contributed by atoms with Crippen LogP contribution in [0.3, 0.4) is 0 Å². The molecule has 0 bridgehead atoms. The molecule has 1 aliphatic rings. The van der Waals surface area contributed by atoms with Crippen molar-refractivity contribution in [1.82, 2.24) is 9.97 Å². The summed E-state index contributed by atoms with van der Waals surface area (Å²) in [6, 6.07) is 14.4. The predicted octanol–water partition coefficient (Wildman–Crippen LogP) is 3.41. The van der Waals surface area contributed by atoms with Gasteiger partial charge in [-0.05, 0) is 37.1 Å². The highest BCUT2D eigenvalue weighted by molar-refractivity contribution is 6.09. The number of carbonyl (C=O) groups is 1. The smallest absolute Gasteiger partial charge is 0.236 e. The first kappa shape index (κ1) is 14.0. The number of anilines is 1. The minimum Gasteiger partial charge on any atom is -0.342 e. The fourth-order valence-electron chi connectivity index (χ4n) is 3.39. The first-order valence-corrected chi connectivity index (χ1v) is 7.82. The van der Waals surface area contributed by atoms with Crippen LogP contribution in [0.15, 0.2) is 42.5 Å². The minimum absolute atomic E-state index is 0.129. The zero-order valence-electron chi connectivity index (χ0n) is 13.6. The Morgan fingerprint density at radius 2 is 1.91 bits per heavy atom. The zero-order valence-corrected chi connectivity index (χ0v) is 13.6. The molecule has 0 aliphatic carbocycles. The standard InChI is InChI=1S/C19H19N3O/c1-19(2)13-10-14-15(11-16(13)22(3)18(19)23)21-17(20-14)9-12-7-5-4-6-8-12/h4-8,10-11H,9H2,1-3H3,(H,20,21). The summed E-state index contributed by atoms with van der Waals surface area (Å²) in [5, 5.41) is 0. The SMILES string of the molecule is CN1C(=O)C(C)(C)c2cc3[nH]c(Cc4ccccc4)nc3cc21. The molecule has 23 heavy (non-hydrogen) atoms. The number of amides is 1. The molecule has 0 spiro atoms. The van der Waals surface area contributed by atoms with Crippen LogP contribution in [-0.4, -0.2) is 22.9 Å². The molecule has 1 amide bonds. The largest absolute Gasteiger partial charge is 0.342 e. The lowest BCUT2D eigenvalue weighted by Crippen LogP contribution is -2.33. The minimum atomic E-state index is -0.483. The Hall–Kier alpha value is -2.62. The molecule has 0 fully saturated rings. The zero-order chi connectivity index (χ0) is 16.2. The molecular formula is C19H19N3O. The van der Waals surface area contributed by atoms with Crippen molar-refractivity contribution < 1.29 is 4.79 Å². The lowest BCUT2D eigenvalue weighted by atomic mass is 9.86. The van der Waals surface area contributed by atoms with Gasteiger partial charge in [0.15, 0.2) is 0 Å². The van der Waals surface area contributed by atoms with E-state index in [9.17, 15) is 4.79 Å². The topological polar surface area (TPSA) is 49.0 Å². The normalized spacial score (nSPS) is 16.1. The molecular weight excluding hydrogens is 286 g/mol. The maximum absolute atomic E-state index is 12.4. The second kappa shape index (κ2) is 4.69. The summed E-state index contributed by atoms with van der Waals surface area (Å²) in [4.78, 5) is 22.2. The fourth-order valence-corrected chi connectivity index (χ4v) is 3.39. The van der Waals surface area contributed by atoms with Gasteiger partial charge in [-0.2, -0.15) is 0 Å². The van der Waals surface area contributed by atoms with Crippen molar-refractivity contribution in [3.05, 3.63) is 59.4 Å². The molecule has 0 atom stereocenters. The number of hydrogen-bond acceptors (Lipinski definition) is 2. The van der Waals surface area contributed by atoms with E-state index in [4.69, 9.17) is 4.98 Å². The van der Waals surface area contributed by atoms with Crippen molar-refractivity contribution in [3.8, 4) is 0 Å². The van der Waals surface area contributed by atoms with Crippen LogP contribution in [0.4, 0.5) is 5.69 Å². The number of aromatic amines is 1. The third-order valence-corrected chi connectivity index (χ3v) is 4.74. The van der Waals surface area contributed by atoms with E-state index >= 15 is 0 Å². The Labute approximate surface area is 135 Å². The molecule has 4 nitrogen and oxygen atoms in total. The summed E-state index contributed by atoms with van der Waals surface area (Å²) in [5.41, 5.74) is 4.67. The first-order valence-electron chi connectivity index (χ1n) is 7.82. The lowest BCUT2D eigenvalue weighted by Gasteiger charge is -2.16. The van der Waals surface area contributed by atoms with Gasteiger partial charge in [0, 0.05) is 19.2 Å². The number of likely N-dealkylation sites (N-methyl/N-ethyl adjacent to an activating group) is 1. The van der Waals surface area contributed by atoms with Crippen LogP contribution in [0.1, 0.15) is 30.8 Å². The average molecular weight is 305 g/mol. The monoisotopic (exact) mass is 305 g/mol. The van der Waals surface area contributed by atoms with E-state index in [1.165, 1.54) is 5.56 Å². The van der Waals surface area contributed by atoms with Gasteiger partial charge >= 0.3 is 0 Å². The molecule has 0 saturated heterocycles. The Kier molecular flexibility index (Phi) is 2.85. The van der Waals surface area contributed by atoms with E-state index in [2.05, 4.69) is 23.2 Å². The van der Waals surface area contributed by atoms with Gasteiger partial charge in [0.25, 0.3) is 0 Å².